The first-order valence-electron chi connectivity index (χ1n) is 7.39. The van der Waals surface area contributed by atoms with Crippen molar-refractivity contribution in [3.8, 4) is 0 Å². The van der Waals surface area contributed by atoms with E-state index in [0.717, 1.165) is 32.6 Å². The lowest BCUT2D eigenvalue weighted by Crippen LogP contribution is -2.52. The number of nitrogens with two attached hydrogens (primary N) is 1. The molecule has 0 saturated carbocycles. The van der Waals surface area contributed by atoms with E-state index in [0.29, 0.717) is 37.1 Å². The van der Waals surface area contributed by atoms with Crippen LogP contribution in [-0.2, 0) is 9.84 Å². The molecular weight excluding hydrogens is 262 g/mol. The molecule has 114 valence electrons. The molecule has 1 unspecified atom stereocenters. The van der Waals surface area contributed by atoms with Gasteiger partial charge in [-0.1, -0.05) is 13.8 Å². The Morgan fingerprint density at radius 3 is 2.21 bits per heavy atom. The van der Waals surface area contributed by atoms with Crippen molar-refractivity contribution in [1.82, 2.24) is 9.80 Å². The van der Waals surface area contributed by atoms with Crippen LogP contribution >= 0.6 is 0 Å². The Balaban J connectivity index is 2.31. The summed E-state index contributed by atoms with van der Waals surface area (Å²) in [5.41, 5.74) is 5.76. The molecule has 0 aliphatic carbocycles. The first-order valence-corrected chi connectivity index (χ1v) is 9.21. The number of sulfone groups is 1. The highest BCUT2D eigenvalue weighted by atomic mass is 32.2. The first kappa shape index (κ1) is 16.9. The van der Waals surface area contributed by atoms with Crippen molar-refractivity contribution in [2.24, 2.45) is 5.73 Å². The topological polar surface area (TPSA) is 66.6 Å². The van der Waals surface area contributed by atoms with Crippen molar-refractivity contribution in [2.75, 3.05) is 50.8 Å². The van der Waals surface area contributed by atoms with Crippen LogP contribution in [0.25, 0.3) is 0 Å². The molecule has 1 heterocycles. The fourth-order valence-corrected chi connectivity index (χ4v) is 3.97. The fraction of sp³-hybridized carbons (Fsp3) is 1.00. The van der Waals surface area contributed by atoms with Gasteiger partial charge < -0.3 is 5.73 Å². The summed E-state index contributed by atoms with van der Waals surface area (Å²) in [6, 6.07) is 0.478. The van der Waals surface area contributed by atoms with Gasteiger partial charge in [0.15, 0.2) is 9.84 Å². The van der Waals surface area contributed by atoms with Crippen LogP contribution in [0.3, 0.4) is 0 Å². The van der Waals surface area contributed by atoms with E-state index >= 15 is 0 Å². The maximum atomic E-state index is 11.7. The summed E-state index contributed by atoms with van der Waals surface area (Å²) < 4.78 is 23.4. The summed E-state index contributed by atoms with van der Waals surface area (Å²) in [6.45, 7) is 9.38. The monoisotopic (exact) mass is 291 g/mol. The van der Waals surface area contributed by atoms with Crippen molar-refractivity contribution < 1.29 is 8.42 Å². The number of nitrogens with zero attached hydrogens (tertiary/aromatic N) is 2. The van der Waals surface area contributed by atoms with Crippen LogP contribution in [0.5, 0.6) is 0 Å². The van der Waals surface area contributed by atoms with Gasteiger partial charge in [-0.05, 0) is 12.8 Å². The van der Waals surface area contributed by atoms with Crippen LogP contribution in [0.1, 0.15) is 26.7 Å². The molecule has 1 saturated heterocycles. The summed E-state index contributed by atoms with van der Waals surface area (Å²) in [7, 11) is -2.85. The van der Waals surface area contributed by atoms with Crippen LogP contribution in [0.15, 0.2) is 0 Å². The molecule has 1 atom stereocenters. The zero-order valence-corrected chi connectivity index (χ0v) is 13.2. The van der Waals surface area contributed by atoms with Crippen molar-refractivity contribution in [2.45, 2.75) is 32.7 Å². The molecule has 1 aliphatic rings. The Hall–Kier alpha value is -0.170. The first-order chi connectivity index (χ1) is 9.02. The predicted molar refractivity (Wildman–Crippen MR) is 80.1 cm³/mol. The third kappa shape index (κ3) is 5.77. The molecule has 0 radical (unpaired) electrons. The van der Waals surface area contributed by atoms with Crippen LogP contribution in [-0.4, -0.2) is 75.0 Å². The third-order valence-corrected chi connectivity index (χ3v) is 5.74. The highest BCUT2D eigenvalue weighted by molar-refractivity contribution is 7.91. The maximum absolute atomic E-state index is 11.7. The molecule has 1 aliphatic heterocycles. The SMILES string of the molecule is CCCS(=O)(=O)CCN1CCN(C(CC)CN)CC1. The van der Waals surface area contributed by atoms with Gasteiger partial charge in [-0.15, -0.1) is 0 Å². The standard InChI is InChI=1S/C13H29N3O2S/c1-3-10-19(17,18)11-9-15-5-7-16(8-6-15)13(4-2)12-14/h13H,3-12,14H2,1-2H3. The lowest BCUT2D eigenvalue weighted by atomic mass is 10.1. The molecule has 2 N–H and O–H groups in total. The second kappa shape index (κ2) is 8.19. The van der Waals surface area contributed by atoms with E-state index in [2.05, 4.69) is 16.7 Å². The minimum atomic E-state index is -2.85. The molecule has 19 heavy (non-hydrogen) atoms. The highest BCUT2D eigenvalue weighted by Gasteiger charge is 2.22. The average Bonchev–Trinajstić information content (AvgIpc) is 2.39. The van der Waals surface area contributed by atoms with Crippen LogP contribution in [0.2, 0.25) is 0 Å². The maximum Gasteiger partial charge on any atom is 0.151 e. The normalized spacial score (nSPS) is 20.6. The van der Waals surface area contributed by atoms with Gasteiger partial charge in [0.2, 0.25) is 0 Å². The summed E-state index contributed by atoms with van der Waals surface area (Å²) >= 11 is 0. The summed E-state index contributed by atoms with van der Waals surface area (Å²) in [6.07, 6.45) is 1.80. The van der Waals surface area contributed by atoms with E-state index in [1.54, 1.807) is 0 Å². The van der Waals surface area contributed by atoms with E-state index in [1.807, 2.05) is 6.92 Å². The largest absolute Gasteiger partial charge is 0.329 e. The second-order valence-electron chi connectivity index (χ2n) is 5.33. The van der Waals surface area contributed by atoms with Crippen molar-refractivity contribution in [1.29, 1.82) is 0 Å². The van der Waals surface area contributed by atoms with Gasteiger partial charge in [-0.2, -0.15) is 0 Å². The van der Waals surface area contributed by atoms with Gasteiger partial charge in [0.05, 0.1) is 5.75 Å². The van der Waals surface area contributed by atoms with Gasteiger partial charge in [-0.3, -0.25) is 9.80 Å². The molecule has 0 aromatic heterocycles. The highest BCUT2D eigenvalue weighted by Crippen LogP contribution is 2.08. The smallest absolute Gasteiger partial charge is 0.151 e. The molecule has 0 spiro atoms. The summed E-state index contributed by atoms with van der Waals surface area (Å²) in [4.78, 5) is 4.68. The number of piperazine rings is 1. The second-order valence-corrected chi connectivity index (χ2v) is 7.63. The Morgan fingerprint density at radius 2 is 1.74 bits per heavy atom. The molecule has 6 heteroatoms. The molecular formula is C13H29N3O2S. The zero-order chi connectivity index (χ0) is 14.3. The molecule has 0 aromatic rings. The Labute approximate surface area is 118 Å². The van der Waals surface area contributed by atoms with Crippen LogP contribution in [0, 0.1) is 0 Å². The minimum Gasteiger partial charge on any atom is -0.329 e. The van der Waals surface area contributed by atoms with Gasteiger partial charge in [0.1, 0.15) is 0 Å². The van der Waals surface area contributed by atoms with Crippen LogP contribution in [0.4, 0.5) is 0 Å². The van der Waals surface area contributed by atoms with Gasteiger partial charge in [0, 0.05) is 51.1 Å². The molecule has 1 fully saturated rings. The van der Waals surface area contributed by atoms with Crippen molar-refractivity contribution >= 4 is 9.84 Å². The Morgan fingerprint density at radius 1 is 1.11 bits per heavy atom. The van der Waals surface area contributed by atoms with Crippen molar-refractivity contribution in [3.63, 3.8) is 0 Å². The molecule has 5 nitrogen and oxygen atoms in total. The quantitative estimate of drug-likeness (QED) is 0.690. The number of hydrogen-bond acceptors (Lipinski definition) is 5. The van der Waals surface area contributed by atoms with Crippen molar-refractivity contribution in [3.05, 3.63) is 0 Å². The summed E-state index contributed by atoms with van der Waals surface area (Å²) in [5, 5.41) is 0. The van der Waals surface area contributed by atoms with E-state index < -0.39 is 9.84 Å². The number of hydrogen-bond donors (Lipinski definition) is 1. The summed E-state index contributed by atoms with van der Waals surface area (Å²) in [5.74, 6) is 0.618. The van der Waals surface area contributed by atoms with Gasteiger partial charge >= 0.3 is 0 Å². The van der Waals surface area contributed by atoms with E-state index in [-0.39, 0.29) is 0 Å². The van der Waals surface area contributed by atoms with E-state index in [9.17, 15) is 8.42 Å². The average molecular weight is 291 g/mol. The van der Waals surface area contributed by atoms with Gasteiger partial charge in [-0.25, -0.2) is 8.42 Å². The van der Waals surface area contributed by atoms with E-state index in [4.69, 9.17) is 5.73 Å². The molecule has 0 bridgehead atoms. The molecule has 0 aromatic carbocycles. The van der Waals surface area contributed by atoms with E-state index in [1.165, 1.54) is 0 Å². The third-order valence-electron chi connectivity index (χ3n) is 3.90. The Kier molecular flexibility index (Phi) is 7.28. The minimum absolute atomic E-state index is 0.301. The lowest BCUT2D eigenvalue weighted by molar-refractivity contribution is 0.101. The predicted octanol–water partition coefficient (Wildman–Crippen LogP) is 0.166. The fourth-order valence-electron chi connectivity index (χ4n) is 2.61. The lowest BCUT2D eigenvalue weighted by Gasteiger charge is -2.38. The van der Waals surface area contributed by atoms with Gasteiger partial charge in [0.25, 0.3) is 0 Å². The molecule has 1 rings (SSSR count). The number of rotatable bonds is 8. The van der Waals surface area contributed by atoms with Crippen LogP contribution < -0.4 is 5.73 Å². The Bertz CT molecular complexity index is 334. The zero-order valence-electron chi connectivity index (χ0n) is 12.3. The molecule has 0 amide bonds.